The molecule has 106 valence electrons. The first-order valence-corrected chi connectivity index (χ1v) is 6.73. The molecule has 1 atom stereocenters. The minimum Gasteiger partial charge on any atom is -0.481 e. The van der Waals surface area contributed by atoms with Crippen LogP contribution in [-0.4, -0.2) is 37.1 Å². The summed E-state index contributed by atoms with van der Waals surface area (Å²) < 4.78 is 0. The standard InChI is InChI=1S/C13H26N2O3/c1-3-4-11(5-6-13(17)18)7-10-15-12(16)8-9-14-2/h11,14H,3-10H2,1-2H3,(H,15,16)(H,17,18). The molecule has 0 saturated carbocycles. The summed E-state index contributed by atoms with van der Waals surface area (Å²) in [6.45, 7) is 3.43. The Kier molecular flexibility index (Phi) is 10.3. The zero-order valence-corrected chi connectivity index (χ0v) is 11.5. The molecule has 1 amide bonds. The number of hydrogen-bond donors (Lipinski definition) is 3. The summed E-state index contributed by atoms with van der Waals surface area (Å²) in [5.74, 6) is -0.289. The molecule has 0 aromatic heterocycles. The topological polar surface area (TPSA) is 78.4 Å². The normalized spacial score (nSPS) is 12.1. The molecule has 0 aliphatic heterocycles. The van der Waals surface area contributed by atoms with E-state index in [4.69, 9.17) is 5.11 Å². The number of amides is 1. The van der Waals surface area contributed by atoms with Crippen molar-refractivity contribution in [3.63, 3.8) is 0 Å². The maximum Gasteiger partial charge on any atom is 0.303 e. The van der Waals surface area contributed by atoms with Gasteiger partial charge in [0.25, 0.3) is 0 Å². The molecule has 5 heteroatoms. The molecule has 0 spiro atoms. The fourth-order valence-electron chi connectivity index (χ4n) is 1.91. The van der Waals surface area contributed by atoms with E-state index in [1.165, 1.54) is 0 Å². The van der Waals surface area contributed by atoms with Crippen molar-refractivity contribution in [1.29, 1.82) is 0 Å². The van der Waals surface area contributed by atoms with Crippen molar-refractivity contribution < 1.29 is 14.7 Å². The number of nitrogens with one attached hydrogen (secondary N) is 2. The van der Waals surface area contributed by atoms with E-state index in [9.17, 15) is 9.59 Å². The molecular weight excluding hydrogens is 232 g/mol. The zero-order chi connectivity index (χ0) is 13.8. The number of rotatable bonds is 11. The average Bonchev–Trinajstić information content (AvgIpc) is 2.33. The van der Waals surface area contributed by atoms with Gasteiger partial charge in [-0.1, -0.05) is 19.8 Å². The molecule has 0 radical (unpaired) electrons. The molecule has 0 rings (SSSR count). The highest BCUT2D eigenvalue weighted by Crippen LogP contribution is 2.17. The summed E-state index contributed by atoms with van der Waals surface area (Å²) in [6, 6.07) is 0. The van der Waals surface area contributed by atoms with Gasteiger partial charge in [0.2, 0.25) is 5.91 Å². The van der Waals surface area contributed by atoms with E-state index in [1.54, 1.807) is 0 Å². The van der Waals surface area contributed by atoms with Gasteiger partial charge in [0.05, 0.1) is 0 Å². The van der Waals surface area contributed by atoms with Crippen LogP contribution in [0.2, 0.25) is 0 Å². The maximum atomic E-state index is 11.4. The predicted octanol–water partition coefficient (Wildman–Crippen LogP) is 1.38. The van der Waals surface area contributed by atoms with Crippen molar-refractivity contribution in [3.05, 3.63) is 0 Å². The summed E-state index contributed by atoms with van der Waals surface area (Å²) in [5.41, 5.74) is 0. The second kappa shape index (κ2) is 11.0. The monoisotopic (exact) mass is 258 g/mol. The molecule has 18 heavy (non-hydrogen) atoms. The highest BCUT2D eigenvalue weighted by Gasteiger charge is 2.10. The number of carboxylic acids is 1. The lowest BCUT2D eigenvalue weighted by Crippen LogP contribution is -2.28. The lowest BCUT2D eigenvalue weighted by atomic mass is 9.94. The van der Waals surface area contributed by atoms with Crippen LogP contribution in [0.15, 0.2) is 0 Å². The first kappa shape index (κ1) is 16.9. The third-order valence-corrected chi connectivity index (χ3v) is 2.94. The van der Waals surface area contributed by atoms with E-state index >= 15 is 0 Å². The van der Waals surface area contributed by atoms with Gasteiger partial charge in [-0.15, -0.1) is 0 Å². The van der Waals surface area contributed by atoms with Crippen molar-refractivity contribution in [2.24, 2.45) is 5.92 Å². The van der Waals surface area contributed by atoms with Crippen molar-refractivity contribution in [3.8, 4) is 0 Å². The van der Waals surface area contributed by atoms with Crippen LogP contribution in [-0.2, 0) is 9.59 Å². The van der Waals surface area contributed by atoms with Crippen LogP contribution in [0.5, 0.6) is 0 Å². The number of carbonyl (C=O) groups excluding carboxylic acids is 1. The minimum atomic E-state index is -0.742. The molecule has 0 aromatic carbocycles. The van der Waals surface area contributed by atoms with Crippen LogP contribution in [0.3, 0.4) is 0 Å². The molecule has 3 N–H and O–H groups in total. The molecule has 0 fully saturated rings. The minimum absolute atomic E-state index is 0.0535. The second-order valence-corrected chi connectivity index (χ2v) is 4.58. The molecule has 0 aromatic rings. The second-order valence-electron chi connectivity index (χ2n) is 4.58. The van der Waals surface area contributed by atoms with Crippen LogP contribution in [0, 0.1) is 5.92 Å². The van der Waals surface area contributed by atoms with E-state index in [-0.39, 0.29) is 12.3 Å². The maximum absolute atomic E-state index is 11.4. The van der Waals surface area contributed by atoms with Gasteiger partial charge in [0, 0.05) is 25.9 Å². The Hall–Kier alpha value is -1.10. The molecule has 5 nitrogen and oxygen atoms in total. The van der Waals surface area contributed by atoms with E-state index in [2.05, 4.69) is 17.6 Å². The molecule has 1 unspecified atom stereocenters. The lowest BCUT2D eigenvalue weighted by molar-refractivity contribution is -0.137. The van der Waals surface area contributed by atoms with E-state index in [0.29, 0.717) is 31.8 Å². The van der Waals surface area contributed by atoms with Gasteiger partial charge in [0.15, 0.2) is 0 Å². The van der Waals surface area contributed by atoms with E-state index in [1.807, 2.05) is 7.05 Å². The number of aliphatic carboxylic acids is 1. The van der Waals surface area contributed by atoms with Crippen LogP contribution < -0.4 is 10.6 Å². The Balaban J connectivity index is 3.74. The van der Waals surface area contributed by atoms with E-state index < -0.39 is 5.97 Å². The summed E-state index contributed by atoms with van der Waals surface area (Å²) in [5, 5.41) is 14.5. The Bertz CT molecular complexity index is 244. The van der Waals surface area contributed by atoms with Gasteiger partial charge in [0.1, 0.15) is 0 Å². The van der Waals surface area contributed by atoms with Crippen LogP contribution >= 0.6 is 0 Å². The van der Waals surface area contributed by atoms with Gasteiger partial charge in [-0.25, -0.2) is 0 Å². The zero-order valence-electron chi connectivity index (χ0n) is 11.5. The van der Waals surface area contributed by atoms with Crippen LogP contribution in [0.4, 0.5) is 0 Å². The summed E-state index contributed by atoms with van der Waals surface area (Å²) in [6.07, 6.45) is 4.36. The SMILES string of the molecule is CCCC(CCNC(=O)CCNC)CCC(=O)O. The Morgan fingerprint density at radius 3 is 2.39 bits per heavy atom. The van der Waals surface area contributed by atoms with Crippen LogP contribution in [0.25, 0.3) is 0 Å². The highest BCUT2D eigenvalue weighted by molar-refractivity contribution is 5.75. The number of carbonyl (C=O) groups is 2. The van der Waals surface area contributed by atoms with E-state index in [0.717, 1.165) is 19.3 Å². The highest BCUT2D eigenvalue weighted by atomic mass is 16.4. The summed E-state index contributed by atoms with van der Waals surface area (Å²) >= 11 is 0. The lowest BCUT2D eigenvalue weighted by Gasteiger charge is -2.15. The molecular formula is C13H26N2O3. The number of hydrogen-bond acceptors (Lipinski definition) is 3. The van der Waals surface area contributed by atoms with Gasteiger partial charge < -0.3 is 15.7 Å². The molecule has 0 bridgehead atoms. The smallest absolute Gasteiger partial charge is 0.303 e. The number of carboxylic acid groups (broad SMARTS) is 1. The fraction of sp³-hybridized carbons (Fsp3) is 0.846. The van der Waals surface area contributed by atoms with Crippen molar-refractivity contribution in [1.82, 2.24) is 10.6 Å². The third-order valence-electron chi connectivity index (χ3n) is 2.94. The third kappa shape index (κ3) is 10.1. The summed E-state index contributed by atoms with van der Waals surface area (Å²) in [7, 11) is 1.82. The largest absolute Gasteiger partial charge is 0.481 e. The first-order chi connectivity index (χ1) is 8.60. The molecule has 0 aliphatic rings. The molecule has 0 saturated heterocycles. The van der Waals surface area contributed by atoms with Gasteiger partial charge in [-0.2, -0.15) is 0 Å². The van der Waals surface area contributed by atoms with Gasteiger partial charge >= 0.3 is 5.97 Å². The Morgan fingerprint density at radius 2 is 1.83 bits per heavy atom. The predicted molar refractivity (Wildman–Crippen MR) is 71.4 cm³/mol. The quantitative estimate of drug-likeness (QED) is 0.523. The average molecular weight is 258 g/mol. The van der Waals surface area contributed by atoms with Gasteiger partial charge in [-0.3, -0.25) is 9.59 Å². The first-order valence-electron chi connectivity index (χ1n) is 6.73. The fourth-order valence-corrected chi connectivity index (χ4v) is 1.91. The van der Waals surface area contributed by atoms with Crippen molar-refractivity contribution in [2.75, 3.05) is 20.1 Å². The molecule has 0 heterocycles. The van der Waals surface area contributed by atoms with Gasteiger partial charge in [-0.05, 0) is 25.8 Å². The van der Waals surface area contributed by atoms with Crippen LogP contribution in [0.1, 0.15) is 45.4 Å². The van der Waals surface area contributed by atoms with Crippen molar-refractivity contribution >= 4 is 11.9 Å². The Labute approximate surface area is 109 Å². The van der Waals surface area contributed by atoms with Crippen molar-refractivity contribution in [2.45, 2.75) is 45.4 Å². The molecule has 0 aliphatic carbocycles. The Morgan fingerprint density at radius 1 is 1.11 bits per heavy atom. The summed E-state index contributed by atoms with van der Waals surface area (Å²) in [4.78, 5) is 21.9.